The third kappa shape index (κ3) is 3.06. The van der Waals surface area contributed by atoms with Crippen LogP contribution in [0.5, 0.6) is 0 Å². The first-order chi connectivity index (χ1) is 8.78. The molecule has 1 nitrogen and oxygen atoms in total. The first kappa shape index (κ1) is 14.7. The summed E-state index contributed by atoms with van der Waals surface area (Å²) in [7, 11) is 0. The van der Waals surface area contributed by atoms with Crippen molar-refractivity contribution in [1.82, 2.24) is 4.98 Å². The van der Waals surface area contributed by atoms with Gasteiger partial charge >= 0.3 is 6.18 Å². The quantitative estimate of drug-likeness (QED) is 0.736. The molecule has 0 bridgehead atoms. The molecule has 1 aliphatic carbocycles. The van der Waals surface area contributed by atoms with Crippen LogP contribution in [0.2, 0.25) is 5.02 Å². The van der Waals surface area contributed by atoms with Gasteiger partial charge in [0.15, 0.2) is 0 Å². The van der Waals surface area contributed by atoms with E-state index in [-0.39, 0.29) is 11.0 Å². The molecule has 1 fully saturated rings. The second-order valence-electron chi connectivity index (χ2n) is 4.72. The predicted molar refractivity (Wildman–Crippen MR) is 70.3 cm³/mol. The Morgan fingerprint density at radius 1 is 1.47 bits per heavy atom. The lowest BCUT2D eigenvalue weighted by atomic mass is 9.98. The first-order valence-corrected chi connectivity index (χ1v) is 6.64. The number of hydrogen-bond donors (Lipinski definition) is 0. The van der Waals surface area contributed by atoms with Gasteiger partial charge in [0.25, 0.3) is 0 Å². The summed E-state index contributed by atoms with van der Waals surface area (Å²) in [6, 6.07) is 1.48. The standard InChI is InChI=1S/C13H12Cl2F3N/c1-2-12(3-4-12)11-9(14)5-8(7-19-11)6-10(15)13(16,17)18/h5-7H,2-4H2,1H3/b10-6+. The van der Waals surface area contributed by atoms with Gasteiger partial charge < -0.3 is 0 Å². The summed E-state index contributed by atoms with van der Waals surface area (Å²) in [6.07, 6.45) is 0.635. The SMILES string of the molecule is CCC1(c2ncc(/C=C(/Cl)C(F)(F)F)cc2Cl)CC1. The minimum absolute atomic E-state index is 0.0210. The minimum atomic E-state index is -4.55. The Morgan fingerprint density at radius 3 is 2.53 bits per heavy atom. The lowest BCUT2D eigenvalue weighted by molar-refractivity contribution is -0.0836. The molecular formula is C13H12Cl2F3N. The second kappa shape index (κ2) is 4.98. The molecule has 0 unspecified atom stereocenters. The maximum atomic E-state index is 12.3. The van der Waals surface area contributed by atoms with Gasteiger partial charge in [-0.2, -0.15) is 13.2 Å². The molecule has 19 heavy (non-hydrogen) atoms. The van der Waals surface area contributed by atoms with Crippen LogP contribution in [-0.4, -0.2) is 11.2 Å². The second-order valence-corrected chi connectivity index (χ2v) is 5.54. The monoisotopic (exact) mass is 309 g/mol. The van der Waals surface area contributed by atoms with E-state index in [0.717, 1.165) is 31.0 Å². The van der Waals surface area contributed by atoms with Gasteiger partial charge in [0.1, 0.15) is 5.03 Å². The largest absolute Gasteiger partial charge is 0.426 e. The Morgan fingerprint density at radius 2 is 2.11 bits per heavy atom. The zero-order valence-electron chi connectivity index (χ0n) is 10.2. The number of alkyl halides is 3. The molecule has 1 aliphatic rings. The van der Waals surface area contributed by atoms with Crippen LogP contribution in [0.25, 0.3) is 6.08 Å². The van der Waals surface area contributed by atoms with Crippen molar-refractivity contribution >= 4 is 29.3 Å². The van der Waals surface area contributed by atoms with E-state index in [1.807, 2.05) is 0 Å². The number of nitrogens with zero attached hydrogens (tertiary/aromatic N) is 1. The van der Waals surface area contributed by atoms with Crippen LogP contribution in [0.1, 0.15) is 37.4 Å². The van der Waals surface area contributed by atoms with Crippen LogP contribution in [0, 0.1) is 0 Å². The molecule has 6 heteroatoms. The fourth-order valence-corrected chi connectivity index (χ4v) is 2.56. The van der Waals surface area contributed by atoms with E-state index >= 15 is 0 Å². The fraction of sp³-hybridized carbons (Fsp3) is 0.462. The van der Waals surface area contributed by atoms with Gasteiger partial charge in [0.2, 0.25) is 0 Å². The zero-order valence-corrected chi connectivity index (χ0v) is 11.7. The van der Waals surface area contributed by atoms with Crippen LogP contribution in [0.3, 0.4) is 0 Å². The number of hydrogen-bond acceptors (Lipinski definition) is 1. The third-order valence-electron chi connectivity index (χ3n) is 3.46. The molecule has 1 aromatic heterocycles. The van der Waals surface area contributed by atoms with Crippen LogP contribution in [0.15, 0.2) is 17.3 Å². The lowest BCUT2D eigenvalue weighted by Crippen LogP contribution is -2.09. The molecule has 1 saturated carbocycles. The number of aromatic nitrogens is 1. The Bertz CT molecular complexity index is 519. The van der Waals surface area contributed by atoms with Crippen molar-refractivity contribution in [2.75, 3.05) is 0 Å². The molecule has 2 rings (SSSR count). The van der Waals surface area contributed by atoms with Gasteiger partial charge in [0.05, 0.1) is 10.7 Å². The molecule has 1 heterocycles. The van der Waals surface area contributed by atoms with Crippen molar-refractivity contribution in [3.63, 3.8) is 0 Å². The van der Waals surface area contributed by atoms with E-state index in [1.165, 1.54) is 12.3 Å². The number of rotatable bonds is 3. The van der Waals surface area contributed by atoms with Crippen molar-refractivity contribution in [2.45, 2.75) is 37.8 Å². The Balaban J connectivity index is 2.30. The normalized spacial score (nSPS) is 18.5. The zero-order chi connectivity index (χ0) is 14.3. The maximum Gasteiger partial charge on any atom is 0.426 e. The molecule has 104 valence electrons. The van der Waals surface area contributed by atoms with Gasteiger partial charge in [-0.25, -0.2) is 0 Å². The van der Waals surface area contributed by atoms with E-state index in [4.69, 9.17) is 23.2 Å². The number of allylic oxidation sites excluding steroid dienone is 1. The molecule has 0 aliphatic heterocycles. The molecular weight excluding hydrogens is 298 g/mol. The molecule has 0 radical (unpaired) electrons. The summed E-state index contributed by atoms with van der Waals surface area (Å²) >= 11 is 11.3. The van der Waals surface area contributed by atoms with Crippen LogP contribution < -0.4 is 0 Å². The van der Waals surface area contributed by atoms with Crippen molar-refractivity contribution in [1.29, 1.82) is 0 Å². The molecule has 0 saturated heterocycles. The highest BCUT2D eigenvalue weighted by molar-refractivity contribution is 6.33. The molecule has 0 atom stereocenters. The van der Waals surface area contributed by atoms with E-state index in [9.17, 15) is 13.2 Å². The van der Waals surface area contributed by atoms with Gasteiger partial charge in [-0.3, -0.25) is 4.98 Å². The van der Waals surface area contributed by atoms with E-state index in [1.54, 1.807) is 0 Å². The lowest BCUT2D eigenvalue weighted by Gasteiger charge is -2.14. The summed E-state index contributed by atoms with van der Waals surface area (Å²) in [5.41, 5.74) is 1.05. The highest BCUT2D eigenvalue weighted by Crippen LogP contribution is 2.52. The van der Waals surface area contributed by atoms with Gasteiger partial charge in [0, 0.05) is 11.6 Å². The molecule has 0 amide bonds. The van der Waals surface area contributed by atoms with Crippen molar-refractivity contribution in [2.24, 2.45) is 0 Å². The van der Waals surface area contributed by atoms with Gasteiger partial charge in [-0.05, 0) is 37.0 Å². The minimum Gasteiger partial charge on any atom is -0.259 e. The molecule has 0 spiro atoms. The maximum absolute atomic E-state index is 12.3. The topological polar surface area (TPSA) is 12.9 Å². The van der Waals surface area contributed by atoms with Crippen molar-refractivity contribution in [3.05, 3.63) is 33.6 Å². The summed E-state index contributed by atoms with van der Waals surface area (Å²) in [4.78, 5) is 4.22. The van der Waals surface area contributed by atoms with Crippen molar-refractivity contribution < 1.29 is 13.2 Å². The van der Waals surface area contributed by atoms with E-state index < -0.39 is 11.2 Å². The highest BCUT2D eigenvalue weighted by Gasteiger charge is 2.45. The Labute approximate surface area is 119 Å². The Kier molecular flexibility index (Phi) is 3.85. The number of halogens is 5. The van der Waals surface area contributed by atoms with Crippen molar-refractivity contribution in [3.8, 4) is 0 Å². The van der Waals surface area contributed by atoms with Gasteiger partial charge in [-0.15, -0.1) is 0 Å². The smallest absolute Gasteiger partial charge is 0.259 e. The Hall–Kier alpha value is -0.740. The van der Waals surface area contributed by atoms with Crippen LogP contribution in [-0.2, 0) is 5.41 Å². The van der Waals surface area contributed by atoms with E-state index in [2.05, 4.69) is 11.9 Å². The van der Waals surface area contributed by atoms with E-state index in [0.29, 0.717) is 5.02 Å². The van der Waals surface area contributed by atoms with Crippen LogP contribution >= 0.6 is 23.2 Å². The summed E-state index contributed by atoms with van der Waals surface area (Å²) in [5, 5.41) is -0.783. The summed E-state index contributed by atoms with van der Waals surface area (Å²) in [6.45, 7) is 2.05. The van der Waals surface area contributed by atoms with Gasteiger partial charge in [-0.1, -0.05) is 30.1 Å². The summed E-state index contributed by atoms with van der Waals surface area (Å²) < 4.78 is 36.9. The molecule has 0 N–H and O–H groups in total. The molecule has 0 aromatic carbocycles. The molecule has 1 aromatic rings. The predicted octanol–water partition coefficient (Wildman–Crippen LogP) is 5.32. The highest BCUT2D eigenvalue weighted by atomic mass is 35.5. The third-order valence-corrected chi connectivity index (χ3v) is 4.07. The average Bonchev–Trinajstić information content (AvgIpc) is 3.08. The average molecular weight is 310 g/mol. The first-order valence-electron chi connectivity index (χ1n) is 5.89. The number of pyridine rings is 1. The van der Waals surface area contributed by atoms with Crippen LogP contribution in [0.4, 0.5) is 13.2 Å². The summed E-state index contributed by atoms with van der Waals surface area (Å²) in [5.74, 6) is 0. The fourth-order valence-electron chi connectivity index (χ4n) is 2.06.